The van der Waals surface area contributed by atoms with Gasteiger partial charge in [-0.1, -0.05) is 0 Å². The van der Waals surface area contributed by atoms with Crippen LogP contribution in [0.4, 0.5) is 0 Å². The lowest BCUT2D eigenvalue weighted by Crippen LogP contribution is -2.46. The minimum atomic E-state index is -0.522. The first-order valence-corrected chi connectivity index (χ1v) is 7.03. The van der Waals surface area contributed by atoms with Crippen molar-refractivity contribution >= 4 is 0 Å². The normalized spacial score (nSPS) is 22.0. The van der Waals surface area contributed by atoms with Gasteiger partial charge in [-0.25, -0.2) is 0 Å². The summed E-state index contributed by atoms with van der Waals surface area (Å²) in [5, 5.41) is 13.0. The number of hydrogen-bond acceptors (Lipinski definition) is 6. The predicted molar refractivity (Wildman–Crippen MR) is 74.5 cm³/mol. The van der Waals surface area contributed by atoms with E-state index in [1.165, 1.54) is 0 Å². The summed E-state index contributed by atoms with van der Waals surface area (Å²) in [5.41, 5.74) is 0. The maximum absolute atomic E-state index is 9.79. The van der Waals surface area contributed by atoms with Crippen LogP contribution in [0, 0.1) is 0 Å². The van der Waals surface area contributed by atoms with E-state index in [1.807, 2.05) is 12.1 Å². The van der Waals surface area contributed by atoms with Crippen molar-refractivity contribution in [3.05, 3.63) is 24.2 Å². The molecule has 1 aliphatic rings. The van der Waals surface area contributed by atoms with Crippen LogP contribution in [0.2, 0.25) is 0 Å². The van der Waals surface area contributed by atoms with Gasteiger partial charge in [0.2, 0.25) is 0 Å². The summed E-state index contributed by atoms with van der Waals surface area (Å²) in [6.07, 6.45) is 1.29. The molecule has 1 saturated heterocycles. The van der Waals surface area contributed by atoms with Crippen LogP contribution in [-0.2, 0) is 16.1 Å². The second-order valence-corrected chi connectivity index (χ2v) is 5.16. The fraction of sp³-hybridized carbons (Fsp3) is 0.714. The molecular formula is C14H24N2O4. The zero-order valence-electron chi connectivity index (χ0n) is 12.0. The van der Waals surface area contributed by atoms with Crippen LogP contribution in [0.15, 0.2) is 22.8 Å². The Hall–Kier alpha value is -0.920. The second kappa shape index (κ2) is 8.39. The Balaban J connectivity index is 1.50. The van der Waals surface area contributed by atoms with Gasteiger partial charge in [0.1, 0.15) is 12.4 Å². The molecule has 0 aliphatic carbocycles. The summed E-state index contributed by atoms with van der Waals surface area (Å²) in [7, 11) is 2.09. The maximum atomic E-state index is 9.79. The van der Waals surface area contributed by atoms with E-state index < -0.39 is 6.10 Å². The highest BCUT2D eigenvalue weighted by Crippen LogP contribution is 2.03. The molecule has 2 rings (SSSR count). The molecule has 0 spiro atoms. The molecule has 0 amide bonds. The quantitative estimate of drug-likeness (QED) is 0.704. The van der Waals surface area contributed by atoms with E-state index in [2.05, 4.69) is 17.3 Å². The van der Waals surface area contributed by atoms with E-state index in [-0.39, 0.29) is 6.10 Å². The van der Waals surface area contributed by atoms with Crippen molar-refractivity contribution in [2.75, 3.05) is 46.4 Å². The molecular weight excluding hydrogens is 260 g/mol. The number of furan rings is 1. The van der Waals surface area contributed by atoms with Gasteiger partial charge in [-0.3, -0.25) is 0 Å². The summed E-state index contributed by atoms with van der Waals surface area (Å²) in [4.78, 5) is 2.25. The van der Waals surface area contributed by atoms with Gasteiger partial charge in [-0.15, -0.1) is 0 Å². The maximum Gasteiger partial charge on any atom is 0.129 e. The van der Waals surface area contributed by atoms with Crippen LogP contribution in [0.5, 0.6) is 0 Å². The van der Waals surface area contributed by atoms with E-state index in [0.29, 0.717) is 19.8 Å². The highest BCUT2D eigenvalue weighted by atomic mass is 16.5. The van der Waals surface area contributed by atoms with Gasteiger partial charge in [0.15, 0.2) is 0 Å². The molecule has 2 heterocycles. The van der Waals surface area contributed by atoms with Crippen molar-refractivity contribution < 1.29 is 19.0 Å². The molecule has 20 heavy (non-hydrogen) atoms. The molecule has 1 aromatic heterocycles. The molecule has 6 nitrogen and oxygen atoms in total. The zero-order chi connectivity index (χ0) is 14.2. The van der Waals surface area contributed by atoms with Crippen LogP contribution in [-0.4, -0.2) is 68.7 Å². The number of likely N-dealkylation sites (N-methyl/N-ethyl adjacent to an activating group) is 1. The van der Waals surface area contributed by atoms with E-state index in [9.17, 15) is 5.11 Å². The monoisotopic (exact) mass is 284 g/mol. The van der Waals surface area contributed by atoms with E-state index in [1.54, 1.807) is 6.26 Å². The first-order chi connectivity index (χ1) is 9.74. The number of hydrogen-bond donors (Lipinski definition) is 2. The van der Waals surface area contributed by atoms with Crippen molar-refractivity contribution in [3.63, 3.8) is 0 Å². The number of aliphatic hydroxyl groups excluding tert-OH is 1. The van der Waals surface area contributed by atoms with Gasteiger partial charge in [0.05, 0.1) is 31.7 Å². The summed E-state index contributed by atoms with van der Waals surface area (Å²) >= 11 is 0. The first kappa shape index (κ1) is 15.5. The molecule has 0 aromatic carbocycles. The topological polar surface area (TPSA) is 67.1 Å². The minimum Gasteiger partial charge on any atom is -0.467 e. The lowest BCUT2D eigenvalue weighted by molar-refractivity contribution is -0.0214. The molecule has 0 saturated carbocycles. The largest absolute Gasteiger partial charge is 0.467 e. The van der Waals surface area contributed by atoms with E-state index >= 15 is 0 Å². The highest BCUT2D eigenvalue weighted by Gasteiger charge is 2.17. The fourth-order valence-corrected chi connectivity index (χ4v) is 2.15. The minimum absolute atomic E-state index is 0.199. The molecule has 0 radical (unpaired) electrons. The van der Waals surface area contributed by atoms with E-state index in [4.69, 9.17) is 13.9 Å². The molecule has 2 N–H and O–H groups in total. The molecule has 1 aliphatic heterocycles. The number of nitrogens with zero attached hydrogens (tertiary/aromatic N) is 1. The smallest absolute Gasteiger partial charge is 0.129 e. The van der Waals surface area contributed by atoms with Crippen LogP contribution >= 0.6 is 0 Å². The average Bonchev–Trinajstić information content (AvgIpc) is 2.92. The van der Waals surface area contributed by atoms with Crippen molar-refractivity contribution in [1.82, 2.24) is 10.2 Å². The molecule has 0 unspecified atom stereocenters. The first-order valence-electron chi connectivity index (χ1n) is 7.03. The molecule has 1 fully saturated rings. The lowest BCUT2D eigenvalue weighted by atomic mass is 10.2. The number of morpholine rings is 1. The molecule has 2 atom stereocenters. The van der Waals surface area contributed by atoms with Crippen LogP contribution in [0.25, 0.3) is 0 Å². The average molecular weight is 284 g/mol. The zero-order valence-corrected chi connectivity index (χ0v) is 12.0. The van der Waals surface area contributed by atoms with E-state index in [0.717, 1.165) is 32.0 Å². The van der Waals surface area contributed by atoms with Crippen molar-refractivity contribution in [2.24, 2.45) is 0 Å². The summed E-state index contributed by atoms with van der Waals surface area (Å²) in [6.45, 7) is 4.62. The number of aliphatic hydroxyl groups is 1. The predicted octanol–water partition coefficient (Wildman–Crippen LogP) is 0.0773. The number of rotatable bonds is 8. The van der Waals surface area contributed by atoms with Gasteiger partial charge in [0.25, 0.3) is 0 Å². The second-order valence-electron chi connectivity index (χ2n) is 5.16. The number of nitrogens with one attached hydrogen (secondary N) is 1. The summed E-state index contributed by atoms with van der Waals surface area (Å²) in [6, 6.07) is 3.67. The van der Waals surface area contributed by atoms with Crippen molar-refractivity contribution in [3.8, 4) is 0 Å². The lowest BCUT2D eigenvalue weighted by Gasteiger charge is -2.30. The Morgan fingerprint density at radius 1 is 1.60 bits per heavy atom. The third-order valence-electron chi connectivity index (χ3n) is 3.23. The third-order valence-corrected chi connectivity index (χ3v) is 3.23. The van der Waals surface area contributed by atoms with Gasteiger partial charge in [0, 0.05) is 26.2 Å². The SMILES string of the molecule is CN1CCO[C@@H](CNC[C@H](O)COCc2ccco2)C1. The van der Waals surface area contributed by atoms with Gasteiger partial charge in [-0.05, 0) is 19.2 Å². The van der Waals surface area contributed by atoms with Gasteiger partial charge >= 0.3 is 0 Å². The van der Waals surface area contributed by atoms with Gasteiger partial charge < -0.3 is 29.2 Å². The Morgan fingerprint density at radius 3 is 3.25 bits per heavy atom. The summed E-state index contributed by atoms with van der Waals surface area (Å²) < 4.78 is 16.1. The summed E-state index contributed by atoms with van der Waals surface area (Å²) in [5.74, 6) is 0.767. The Bertz CT molecular complexity index is 358. The van der Waals surface area contributed by atoms with Crippen LogP contribution in [0.1, 0.15) is 5.76 Å². The van der Waals surface area contributed by atoms with Crippen LogP contribution in [0.3, 0.4) is 0 Å². The Morgan fingerprint density at radius 2 is 2.50 bits per heavy atom. The van der Waals surface area contributed by atoms with Crippen molar-refractivity contribution in [1.29, 1.82) is 0 Å². The van der Waals surface area contributed by atoms with Gasteiger partial charge in [-0.2, -0.15) is 0 Å². The fourth-order valence-electron chi connectivity index (χ4n) is 2.15. The van der Waals surface area contributed by atoms with Crippen LogP contribution < -0.4 is 5.32 Å². The molecule has 1 aromatic rings. The molecule has 114 valence electrons. The Kier molecular flexibility index (Phi) is 6.49. The molecule has 6 heteroatoms. The highest BCUT2D eigenvalue weighted by molar-refractivity contribution is 4.96. The standard InChI is InChI=1S/C14H24N2O4/c1-16-4-6-20-14(9-16)8-15-7-12(17)10-18-11-13-3-2-5-19-13/h2-3,5,12,14-15,17H,4,6-11H2,1H3/t12-,14-/m0/s1. The van der Waals surface area contributed by atoms with Crippen molar-refractivity contribution in [2.45, 2.75) is 18.8 Å². The third kappa shape index (κ3) is 5.60. The molecule has 0 bridgehead atoms. The Labute approximate surface area is 119 Å². The number of ether oxygens (including phenoxy) is 2.